The Kier molecular flexibility index (Phi) is 3.53. The minimum Gasteiger partial charge on any atom is -0.241 e. The smallest absolute Gasteiger partial charge is 0.0970 e. The monoisotopic (exact) mass is 301 g/mol. The molecule has 0 saturated carbocycles. The first-order valence-electron chi connectivity index (χ1n) is 7.35. The number of fused-ring (bicyclic) bond motifs is 2. The molecule has 0 aliphatic heterocycles. The van der Waals surface area contributed by atoms with Gasteiger partial charge in [0.25, 0.3) is 0 Å². The summed E-state index contributed by atoms with van der Waals surface area (Å²) in [6.07, 6.45) is 0. The zero-order valence-electron chi connectivity index (χ0n) is 12.1. The first kappa shape index (κ1) is 13.4. The van der Waals surface area contributed by atoms with Gasteiger partial charge in [-0.05, 0) is 28.5 Å². The number of aromatic nitrogens is 1. The number of rotatable bonds is 3. The standard InChI is InChI=1S/C20H15NS/c1-3-10-18-15(6-1)8-5-9-17(18)14-22-20-13-12-16-7-2-4-11-19(16)21-20/h1-13H,14H2. The maximum Gasteiger partial charge on any atom is 0.0970 e. The van der Waals surface area contributed by atoms with Crippen molar-refractivity contribution in [2.75, 3.05) is 0 Å². The van der Waals surface area contributed by atoms with Crippen LogP contribution in [-0.2, 0) is 5.75 Å². The lowest BCUT2D eigenvalue weighted by Gasteiger charge is -2.07. The number of hydrogen-bond donors (Lipinski definition) is 0. The fourth-order valence-electron chi connectivity index (χ4n) is 2.70. The van der Waals surface area contributed by atoms with Crippen molar-refractivity contribution in [3.63, 3.8) is 0 Å². The molecule has 0 aliphatic rings. The molecule has 22 heavy (non-hydrogen) atoms. The summed E-state index contributed by atoms with van der Waals surface area (Å²) in [5, 5.41) is 4.90. The van der Waals surface area contributed by atoms with Gasteiger partial charge in [0, 0.05) is 11.1 Å². The third-order valence-electron chi connectivity index (χ3n) is 3.83. The molecule has 1 nitrogen and oxygen atoms in total. The predicted octanol–water partition coefficient (Wildman–Crippen LogP) is 5.68. The Bertz CT molecular complexity index is 941. The molecule has 0 bridgehead atoms. The van der Waals surface area contributed by atoms with Gasteiger partial charge in [-0.25, -0.2) is 4.98 Å². The summed E-state index contributed by atoms with van der Waals surface area (Å²) in [5.41, 5.74) is 2.42. The highest BCUT2D eigenvalue weighted by atomic mass is 32.2. The maximum atomic E-state index is 4.73. The van der Waals surface area contributed by atoms with Gasteiger partial charge in [0.15, 0.2) is 0 Å². The fourth-order valence-corrected chi connectivity index (χ4v) is 3.58. The van der Waals surface area contributed by atoms with Crippen LogP contribution in [0, 0.1) is 0 Å². The number of pyridine rings is 1. The average molecular weight is 301 g/mol. The van der Waals surface area contributed by atoms with E-state index in [-0.39, 0.29) is 0 Å². The number of para-hydroxylation sites is 1. The van der Waals surface area contributed by atoms with E-state index in [4.69, 9.17) is 4.98 Å². The summed E-state index contributed by atoms with van der Waals surface area (Å²) in [6, 6.07) is 27.6. The van der Waals surface area contributed by atoms with E-state index in [9.17, 15) is 0 Å². The lowest BCUT2D eigenvalue weighted by molar-refractivity contribution is 1.18. The van der Waals surface area contributed by atoms with E-state index in [1.165, 1.54) is 21.7 Å². The maximum absolute atomic E-state index is 4.73. The van der Waals surface area contributed by atoms with E-state index in [1.54, 1.807) is 11.8 Å². The minimum atomic E-state index is 0.937. The van der Waals surface area contributed by atoms with Crippen LogP contribution >= 0.6 is 11.8 Å². The molecule has 0 saturated heterocycles. The zero-order valence-corrected chi connectivity index (χ0v) is 12.9. The molecular weight excluding hydrogens is 286 g/mol. The van der Waals surface area contributed by atoms with Crippen LogP contribution in [-0.4, -0.2) is 4.98 Å². The highest BCUT2D eigenvalue weighted by Gasteiger charge is 2.03. The number of nitrogens with zero attached hydrogens (tertiary/aromatic N) is 1. The molecule has 0 amide bonds. The summed E-state index contributed by atoms with van der Waals surface area (Å²) in [7, 11) is 0. The van der Waals surface area contributed by atoms with Crippen molar-refractivity contribution < 1.29 is 0 Å². The lowest BCUT2D eigenvalue weighted by Crippen LogP contribution is -1.86. The van der Waals surface area contributed by atoms with Crippen LogP contribution in [0.2, 0.25) is 0 Å². The van der Waals surface area contributed by atoms with Crippen LogP contribution in [0.15, 0.2) is 83.9 Å². The summed E-state index contributed by atoms with van der Waals surface area (Å²) in [5.74, 6) is 0.937. The second kappa shape index (κ2) is 5.82. The number of thioether (sulfide) groups is 1. The van der Waals surface area contributed by atoms with Crippen LogP contribution in [0.3, 0.4) is 0 Å². The molecule has 0 aliphatic carbocycles. The van der Waals surface area contributed by atoms with E-state index in [0.29, 0.717) is 0 Å². The Morgan fingerprint density at radius 1 is 0.682 bits per heavy atom. The Labute approximate surface area is 134 Å². The van der Waals surface area contributed by atoms with Gasteiger partial charge in [-0.1, -0.05) is 66.7 Å². The van der Waals surface area contributed by atoms with Gasteiger partial charge in [0.2, 0.25) is 0 Å². The Morgan fingerprint density at radius 2 is 1.45 bits per heavy atom. The van der Waals surface area contributed by atoms with Gasteiger partial charge in [-0.3, -0.25) is 0 Å². The SMILES string of the molecule is c1ccc2nc(SCc3cccc4ccccc34)ccc2c1. The molecule has 0 N–H and O–H groups in total. The topological polar surface area (TPSA) is 12.9 Å². The Morgan fingerprint density at radius 3 is 2.41 bits per heavy atom. The normalized spacial score (nSPS) is 11.1. The van der Waals surface area contributed by atoms with Gasteiger partial charge in [0.05, 0.1) is 10.5 Å². The number of benzene rings is 3. The van der Waals surface area contributed by atoms with Gasteiger partial charge in [0.1, 0.15) is 0 Å². The summed E-state index contributed by atoms with van der Waals surface area (Å²) in [4.78, 5) is 4.73. The molecule has 1 aromatic heterocycles. The van der Waals surface area contributed by atoms with E-state index in [2.05, 4.69) is 66.7 Å². The Hall–Kier alpha value is -2.32. The van der Waals surface area contributed by atoms with Crippen LogP contribution < -0.4 is 0 Å². The highest BCUT2D eigenvalue weighted by molar-refractivity contribution is 7.98. The molecule has 4 rings (SSSR count). The van der Waals surface area contributed by atoms with Crippen molar-refractivity contribution in [2.24, 2.45) is 0 Å². The summed E-state index contributed by atoms with van der Waals surface area (Å²) in [6.45, 7) is 0. The third-order valence-corrected chi connectivity index (χ3v) is 4.81. The van der Waals surface area contributed by atoms with Crippen molar-refractivity contribution in [3.8, 4) is 0 Å². The van der Waals surface area contributed by atoms with Crippen molar-refractivity contribution in [3.05, 3.63) is 84.4 Å². The second-order valence-corrected chi connectivity index (χ2v) is 6.26. The van der Waals surface area contributed by atoms with Crippen molar-refractivity contribution in [1.82, 2.24) is 4.98 Å². The molecule has 106 valence electrons. The van der Waals surface area contributed by atoms with Crippen LogP contribution in [0.4, 0.5) is 0 Å². The highest BCUT2D eigenvalue weighted by Crippen LogP contribution is 2.27. The lowest BCUT2D eigenvalue weighted by atomic mass is 10.1. The van der Waals surface area contributed by atoms with Crippen molar-refractivity contribution in [1.29, 1.82) is 0 Å². The third kappa shape index (κ3) is 2.58. The van der Waals surface area contributed by atoms with Crippen molar-refractivity contribution >= 4 is 33.4 Å². The van der Waals surface area contributed by atoms with E-state index >= 15 is 0 Å². The van der Waals surface area contributed by atoms with Gasteiger partial charge >= 0.3 is 0 Å². The molecular formula is C20H15NS. The quantitative estimate of drug-likeness (QED) is 0.451. The molecule has 4 aromatic rings. The molecule has 0 atom stereocenters. The molecule has 3 aromatic carbocycles. The van der Waals surface area contributed by atoms with Crippen LogP contribution in [0.1, 0.15) is 5.56 Å². The van der Waals surface area contributed by atoms with E-state index in [0.717, 1.165) is 16.3 Å². The molecule has 2 heteroatoms. The predicted molar refractivity (Wildman–Crippen MR) is 95.3 cm³/mol. The molecule has 0 unspecified atom stereocenters. The largest absolute Gasteiger partial charge is 0.241 e. The van der Waals surface area contributed by atoms with Gasteiger partial charge < -0.3 is 0 Å². The Balaban J connectivity index is 1.63. The number of hydrogen-bond acceptors (Lipinski definition) is 2. The van der Waals surface area contributed by atoms with Gasteiger partial charge in [-0.15, -0.1) is 11.8 Å². The molecule has 0 radical (unpaired) electrons. The first-order valence-corrected chi connectivity index (χ1v) is 8.34. The molecule has 0 fully saturated rings. The summed E-state index contributed by atoms with van der Waals surface area (Å²) < 4.78 is 0. The first-order chi connectivity index (χ1) is 10.9. The second-order valence-electron chi connectivity index (χ2n) is 5.27. The van der Waals surface area contributed by atoms with Gasteiger partial charge in [-0.2, -0.15) is 0 Å². The van der Waals surface area contributed by atoms with Crippen LogP contribution in [0.25, 0.3) is 21.7 Å². The minimum absolute atomic E-state index is 0.937. The van der Waals surface area contributed by atoms with Crippen LogP contribution in [0.5, 0.6) is 0 Å². The van der Waals surface area contributed by atoms with E-state index < -0.39 is 0 Å². The fraction of sp³-hybridized carbons (Fsp3) is 0.0500. The molecule has 0 spiro atoms. The summed E-state index contributed by atoms with van der Waals surface area (Å²) >= 11 is 1.79. The zero-order chi connectivity index (χ0) is 14.8. The van der Waals surface area contributed by atoms with E-state index in [1.807, 2.05) is 12.1 Å². The molecule has 1 heterocycles. The average Bonchev–Trinajstić information content (AvgIpc) is 2.60. The van der Waals surface area contributed by atoms with Crippen molar-refractivity contribution in [2.45, 2.75) is 10.8 Å².